The first-order valence-electron chi connectivity index (χ1n) is 7.93. The van der Waals surface area contributed by atoms with Crippen molar-refractivity contribution in [2.24, 2.45) is 0 Å². The molecule has 0 N–H and O–H groups in total. The molecule has 2 aromatic carbocycles. The summed E-state index contributed by atoms with van der Waals surface area (Å²) in [6.07, 6.45) is 1.93. The highest BCUT2D eigenvalue weighted by Crippen LogP contribution is 2.31. The van der Waals surface area contributed by atoms with Gasteiger partial charge in [0.05, 0.1) is 5.75 Å². The third-order valence-corrected chi connectivity index (χ3v) is 6.02. The summed E-state index contributed by atoms with van der Waals surface area (Å²) in [5.41, 5.74) is 1.15. The lowest BCUT2D eigenvalue weighted by atomic mass is 10.2. The fourth-order valence-electron chi connectivity index (χ4n) is 2.63. The van der Waals surface area contributed by atoms with E-state index in [0.29, 0.717) is 12.0 Å². The molecule has 1 saturated carbocycles. The van der Waals surface area contributed by atoms with E-state index in [9.17, 15) is 17.2 Å². The van der Waals surface area contributed by atoms with Crippen molar-refractivity contribution in [3.05, 3.63) is 71.3 Å². The summed E-state index contributed by atoms with van der Waals surface area (Å²) in [5, 5.41) is 0. The molecule has 0 atom stereocenters. The van der Waals surface area contributed by atoms with Gasteiger partial charge in [-0.25, -0.2) is 17.2 Å². The Morgan fingerprint density at radius 3 is 2.29 bits per heavy atom. The minimum Gasteiger partial charge on any atom is -0.212 e. The minimum absolute atomic E-state index is 0.0391. The van der Waals surface area contributed by atoms with Crippen molar-refractivity contribution in [2.45, 2.75) is 31.8 Å². The third-order valence-electron chi connectivity index (χ3n) is 4.16. The molecule has 0 aliphatic heterocycles. The molecule has 6 heteroatoms. The van der Waals surface area contributed by atoms with Crippen LogP contribution >= 0.6 is 0 Å². The van der Waals surface area contributed by atoms with Gasteiger partial charge >= 0.3 is 0 Å². The second kappa shape index (κ2) is 6.99. The van der Waals surface area contributed by atoms with Gasteiger partial charge in [0.25, 0.3) is 0 Å². The molecule has 1 aliphatic rings. The number of aryl methyl sites for hydroxylation is 1. The lowest BCUT2D eigenvalue weighted by Gasteiger charge is -2.22. The van der Waals surface area contributed by atoms with Crippen LogP contribution in [-0.2, 0) is 23.0 Å². The van der Waals surface area contributed by atoms with E-state index < -0.39 is 15.8 Å². The molecule has 0 aromatic heterocycles. The van der Waals surface area contributed by atoms with E-state index in [1.807, 2.05) is 0 Å². The standard InChI is InChI=1S/C18H19F2NO2S/c19-16-7-5-14(6-8-16)11-12-24(22,23)21(17-9-10-17)13-15-3-1-2-4-18(15)20/h1-8,17H,9-13H2. The lowest BCUT2D eigenvalue weighted by Crippen LogP contribution is -2.35. The number of benzene rings is 2. The second-order valence-electron chi connectivity index (χ2n) is 6.06. The first-order valence-corrected chi connectivity index (χ1v) is 9.54. The van der Waals surface area contributed by atoms with Crippen molar-refractivity contribution in [1.29, 1.82) is 0 Å². The van der Waals surface area contributed by atoms with E-state index in [1.165, 1.54) is 22.5 Å². The van der Waals surface area contributed by atoms with Crippen LogP contribution in [0.3, 0.4) is 0 Å². The van der Waals surface area contributed by atoms with Gasteiger partial charge in [-0.05, 0) is 43.0 Å². The Bertz CT molecular complexity index is 802. The van der Waals surface area contributed by atoms with E-state index in [1.54, 1.807) is 30.3 Å². The number of rotatable bonds is 7. The van der Waals surface area contributed by atoms with E-state index >= 15 is 0 Å². The normalized spacial score (nSPS) is 15.0. The zero-order valence-electron chi connectivity index (χ0n) is 13.2. The zero-order chi connectivity index (χ0) is 17.2. The Kier molecular flexibility index (Phi) is 4.96. The van der Waals surface area contributed by atoms with Crippen molar-refractivity contribution < 1.29 is 17.2 Å². The molecule has 3 rings (SSSR count). The smallest absolute Gasteiger partial charge is 0.212 e. The summed E-state index contributed by atoms with van der Waals surface area (Å²) >= 11 is 0. The molecule has 3 nitrogen and oxygen atoms in total. The van der Waals surface area contributed by atoms with Crippen molar-refractivity contribution in [3.63, 3.8) is 0 Å². The van der Waals surface area contributed by atoms with Crippen LogP contribution in [0.2, 0.25) is 0 Å². The Morgan fingerprint density at radius 1 is 1.00 bits per heavy atom. The predicted octanol–water partition coefficient (Wildman–Crippen LogP) is 3.50. The SMILES string of the molecule is O=S(=O)(CCc1ccc(F)cc1)N(Cc1ccccc1F)C1CC1. The molecular weight excluding hydrogens is 332 g/mol. The number of hydrogen-bond acceptors (Lipinski definition) is 2. The topological polar surface area (TPSA) is 37.4 Å². The minimum atomic E-state index is -3.51. The van der Waals surface area contributed by atoms with Crippen LogP contribution in [0.1, 0.15) is 24.0 Å². The van der Waals surface area contributed by atoms with Crippen molar-refractivity contribution in [1.82, 2.24) is 4.31 Å². The quantitative estimate of drug-likeness (QED) is 0.766. The first-order chi connectivity index (χ1) is 11.5. The van der Waals surface area contributed by atoms with Crippen LogP contribution in [0, 0.1) is 11.6 Å². The molecule has 1 fully saturated rings. The van der Waals surface area contributed by atoms with Crippen molar-refractivity contribution >= 4 is 10.0 Å². The van der Waals surface area contributed by atoms with Gasteiger partial charge < -0.3 is 0 Å². The largest absolute Gasteiger partial charge is 0.214 e. The molecule has 0 saturated heterocycles. The van der Waals surface area contributed by atoms with E-state index in [-0.39, 0.29) is 24.2 Å². The van der Waals surface area contributed by atoms with Crippen LogP contribution in [-0.4, -0.2) is 24.5 Å². The van der Waals surface area contributed by atoms with Gasteiger partial charge in [0, 0.05) is 18.2 Å². The summed E-state index contributed by atoms with van der Waals surface area (Å²) in [4.78, 5) is 0. The molecule has 0 bridgehead atoms. The number of sulfonamides is 1. The van der Waals surface area contributed by atoms with Crippen LogP contribution in [0.4, 0.5) is 8.78 Å². The molecule has 0 amide bonds. The lowest BCUT2D eigenvalue weighted by molar-refractivity contribution is 0.391. The van der Waals surface area contributed by atoms with Crippen molar-refractivity contribution in [3.8, 4) is 0 Å². The number of nitrogens with zero attached hydrogens (tertiary/aromatic N) is 1. The Hall–Kier alpha value is -1.79. The molecule has 2 aromatic rings. The summed E-state index contributed by atoms with van der Waals surface area (Å²) in [5.74, 6) is -0.804. The van der Waals surface area contributed by atoms with Crippen LogP contribution in [0.25, 0.3) is 0 Å². The van der Waals surface area contributed by atoms with E-state index in [0.717, 1.165) is 18.4 Å². The summed E-state index contributed by atoms with van der Waals surface area (Å²) in [6.45, 7) is 0.0586. The number of hydrogen-bond donors (Lipinski definition) is 0. The molecule has 0 radical (unpaired) electrons. The Labute approximate surface area is 141 Å². The summed E-state index contributed by atoms with van der Waals surface area (Å²) in [6, 6.07) is 12.0. The molecule has 0 unspecified atom stereocenters. The van der Waals surface area contributed by atoms with Gasteiger partial charge in [-0.15, -0.1) is 0 Å². The third kappa shape index (κ3) is 4.19. The molecular formula is C18H19F2NO2S. The highest BCUT2D eigenvalue weighted by Gasteiger charge is 2.37. The van der Waals surface area contributed by atoms with Gasteiger partial charge in [-0.2, -0.15) is 4.31 Å². The maximum absolute atomic E-state index is 13.9. The molecule has 24 heavy (non-hydrogen) atoms. The zero-order valence-corrected chi connectivity index (χ0v) is 14.0. The maximum atomic E-state index is 13.9. The highest BCUT2D eigenvalue weighted by molar-refractivity contribution is 7.89. The Balaban J connectivity index is 1.72. The van der Waals surface area contributed by atoms with Gasteiger partial charge in [-0.1, -0.05) is 30.3 Å². The summed E-state index contributed by atoms with van der Waals surface area (Å²) < 4.78 is 53.6. The van der Waals surface area contributed by atoms with Gasteiger partial charge in [-0.3, -0.25) is 0 Å². The molecule has 1 aliphatic carbocycles. The maximum Gasteiger partial charge on any atom is 0.214 e. The Morgan fingerprint density at radius 2 is 1.67 bits per heavy atom. The van der Waals surface area contributed by atoms with Crippen LogP contribution in [0.15, 0.2) is 48.5 Å². The van der Waals surface area contributed by atoms with Gasteiger partial charge in [0.1, 0.15) is 11.6 Å². The first kappa shape index (κ1) is 17.0. The molecule has 128 valence electrons. The second-order valence-corrected chi connectivity index (χ2v) is 8.10. The fraction of sp³-hybridized carbons (Fsp3) is 0.333. The highest BCUT2D eigenvalue weighted by atomic mass is 32.2. The van der Waals surface area contributed by atoms with Crippen LogP contribution < -0.4 is 0 Å². The number of halogens is 2. The van der Waals surface area contributed by atoms with E-state index in [4.69, 9.17) is 0 Å². The monoisotopic (exact) mass is 351 g/mol. The van der Waals surface area contributed by atoms with Crippen LogP contribution in [0.5, 0.6) is 0 Å². The van der Waals surface area contributed by atoms with Gasteiger partial charge in [0.2, 0.25) is 10.0 Å². The van der Waals surface area contributed by atoms with Gasteiger partial charge in [0.15, 0.2) is 0 Å². The van der Waals surface area contributed by atoms with Crippen molar-refractivity contribution in [2.75, 3.05) is 5.75 Å². The fourth-order valence-corrected chi connectivity index (χ4v) is 4.36. The van der Waals surface area contributed by atoms with E-state index in [2.05, 4.69) is 0 Å². The molecule has 0 heterocycles. The predicted molar refractivity (Wildman–Crippen MR) is 88.9 cm³/mol. The molecule has 0 spiro atoms. The average Bonchev–Trinajstić information content (AvgIpc) is 3.38. The average molecular weight is 351 g/mol. The summed E-state index contributed by atoms with van der Waals surface area (Å²) in [7, 11) is -3.51.